The first-order valence-electron chi connectivity index (χ1n) is 19.0. The second-order valence-corrected chi connectivity index (χ2v) is 14.6. The summed E-state index contributed by atoms with van der Waals surface area (Å²) in [5.41, 5.74) is 9.59. The van der Waals surface area contributed by atoms with Crippen LogP contribution in [0.5, 0.6) is 0 Å². The first-order chi connectivity index (χ1) is 27.7. The van der Waals surface area contributed by atoms with Gasteiger partial charge in [0.1, 0.15) is 5.58 Å². The summed E-state index contributed by atoms with van der Waals surface area (Å²) < 4.78 is 9.42. The molecule has 4 nitrogen and oxygen atoms in total. The van der Waals surface area contributed by atoms with Crippen LogP contribution in [0.2, 0.25) is 0 Å². The van der Waals surface area contributed by atoms with Crippen molar-refractivity contribution < 1.29 is 4.42 Å². The van der Waals surface area contributed by atoms with Crippen LogP contribution in [0, 0.1) is 0 Å². The van der Waals surface area contributed by atoms with Gasteiger partial charge in [0.2, 0.25) is 0 Å². The number of rotatable bonds is 4. The molecular weight excluding hydrogens is 683 g/mol. The number of hydrogen-bond donors (Lipinski definition) is 0. The molecule has 12 aromatic rings. The van der Waals surface area contributed by atoms with Gasteiger partial charge in [-0.15, -0.1) is 0 Å². The zero-order chi connectivity index (χ0) is 36.7. The van der Waals surface area contributed by atoms with E-state index in [1.165, 1.54) is 37.7 Å². The fourth-order valence-corrected chi connectivity index (χ4v) is 8.73. The van der Waals surface area contributed by atoms with Crippen molar-refractivity contribution in [1.29, 1.82) is 0 Å². The van der Waals surface area contributed by atoms with E-state index in [9.17, 15) is 0 Å². The monoisotopic (exact) mass is 713 g/mol. The van der Waals surface area contributed by atoms with E-state index in [-0.39, 0.29) is 0 Å². The Bertz CT molecular complexity index is 3380. The van der Waals surface area contributed by atoms with E-state index in [4.69, 9.17) is 14.4 Å². The molecule has 56 heavy (non-hydrogen) atoms. The van der Waals surface area contributed by atoms with E-state index in [1.807, 2.05) is 24.3 Å². The number of benzene rings is 9. The summed E-state index contributed by atoms with van der Waals surface area (Å²) in [6.07, 6.45) is 0. The molecule has 4 heteroatoms. The third kappa shape index (κ3) is 4.66. The number of aromatic nitrogens is 3. The fraction of sp³-hybridized carbons (Fsp3) is 0. The van der Waals surface area contributed by atoms with Crippen LogP contribution in [-0.2, 0) is 0 Å². The molecule has 3 aromatic heterocycles. The van der Waals surface area contributed by atoms with E-state index < -0.39 is 0 Å². The third-order valence-corrected chi connectivity index (χ3v) is 11.3. The van der Waals surface area contributed by atoms with Crippen molar-refractivity contribution in [2.24, 2.45) is 0 Å². The van der Waals surface area contributed by atoms with Gasteiger partial charge in [-0.25, -0.2) is 9.97 Å². The normalized spacial score (nSPS) is 11.9. The number of nitrogens with zero attached hydrogens (tertiary/aromatic N) is 3. The molecule has 0 aliphatic carbocycles. The first kappa shape index (κ1) is 30.9. The van der Waals surface area contributed by atoms with Crippen LogP contribution in [0.15, 0.2) is 192 Å². The average Bonchev–Trinajstić information content (AvgIpc) is 3.81. The maximum absolute atomic E-state index is 7.01. The predicted octanol–water partition coefficient (Wildman–Crippen LogP) is 13.9. The Morgan fingerprint density at radius 1 is 0.375 bits per heavy atom. The standard InChI is InChI=1S/C52H31N3O/c1-3-15-34(16-4-1)43-31-44(54-52(53-43)35-17-5-2-6-18-35)38-28-42-41-27-36-19-7-8-20-37(36)30-48(41)56-51(42)47(29-38)55-45-25-23-32-13-9-11-21-39(32)49(45)50-40-22-12-10-14-33(40)24-26-46(50)55/h1-31H. The summed E-state index contributed by atoms with van der Waals surface area (Å²) in [4.78, 5) is 10.4. The molecule has 0 unspecified atom stereocenters. The van der Waals surface area contributed by atoms with Crippen molar-refractivity contribution in [3.63, 3.8) is 0 Å². The van der Waals surface area contributed by atoms with Crippen LogP contribution in [0.25, 0.3) is 116 Å². The van der Waals surface area contributed by atoms with Crippen LogP contribution in [0.3, 0.4) is 0 Å². The summed E-state index contributed by atoms with van der Waals surface area (Å²) in [5.74, 6) is 0.682. The number of fused-ring (bicyclic) bond motifs is 11. The van der Waals surface area contributed by atoms with Gasteiger partial charge in [0, 0.05) is 38.2 Å². The fourth-order valence-electron chi connectivity index (χ4n) is 8.73. The van der Waals surface area contributed by atoms with Gasteiger partial charge in [-0.1, -0.05) is 146 Å². The zero-order valence-electron chi connectivity index (χ0n) is 30.1. The van der Waals surface area contributed by atoms with Gasteiger partial charge in [-0.3, -0.25) is 0 Å². The Labute approximate surface area is 321 Å². The Kier molecular flexibility index (Phi) is 6.60. The lowest BCUT2D eigenvalue weighted by Gasteiger charge is -2.13. The molecule has 0 N–H and O–H groups in total. The van der Waals surface area contributed by atoms with Crippen molar-refractivity contribution in [2.45, 2.75) is 0 Å². The molecule has 9 aromatic carbocycles. The maximum Gasteiger partial charge on any atom is 0.160 e. The molecule has 0 bridgehead atoms. The Balaban J connectivity index is 1.24. The third-order valence-electron chi connectivity index (χ3n) is 11.3. The van der Waals surface area contributed by atoms with E-state index in [0.29, 0.717) is 5.82 Å². The number of hydrogen-bond acceptors (Lipinski definition) is 3. The molecule has 12 rings (SSSR count). The van der Waals surface area contributed by atoms with Gasteiger partial charge in [0.25, 0.3) is 0 Å². The lowest BCUT2D eigenvalue weighted by molar-refractivity contribution is 0.667. The molecule has 0 fully saturated rings. The quantitative estimate of drug-likeness (QED) is 0.182. The molecule has 0 radical (unpaired) electrons. The molecule has 3 heterocycles. The lowest BCUT2D eigenvalue weighted by atomic mass is 10.00. The van der Waals surface area contributed by atoms with Crippen LogP contribution in [0.4, 0.5) is 0 Å². The van der Waals surface area contributed by atoms with Crippen molar-refractivity contribution in [3.8, 4) is 39.6 Å². The Morgan fingerprint density at radius 3 is 1.55 bits per heavy atom. The Hall–Kier alpha value is -7.56. The lowest BCUT2D eigenvalue weighted by Crippen LogP contribution is -1.98. The van der Waals surface area contributed by atoms with Gasteiger partial charge in [-0.2, -0.15) is 0 Å². The molecular formula is C52H31N3O. The second-order valence-electron chi connectivity index (χ2n) is 14.6. The molecule has 0 saturated heterocycles. The zero-order valence-corrected chi connectivity index (χ0v) is 30.1. The minimum atomic E-state index is 0.682. The van der Waals surface area contributed by atoms with Crippen LogP contribution in [0.1, 0.15) is 0 Å². The molecule has 0 aliphatic heterocycles. The maximum atomic E-state index is 7.01. The largest absolute Gasteiger partial charge is 0.454 e. The predicted molar refractivity (Wildman–Crippen MR) is 232 cm³/mol. The molecule has 260 valence electrons. The van der Waals surface area contributed by atoms with Crippen LogP contribution in [-0.4, -0.2) is 14.5 Å². The highest BCUT2D eigenvalue weighted by atomic mass is 16.3. The highest BCUT2D eigenvalue weighted by molar-refractivity contribution is 6.29. The van der Waals surface area contributed by atoms with Gasteiger partial charge >= 0.3 is 0 Å². The SMILES string of the molecule is c1ccc(-c2cc(-c3cc(-n4c5ccc6ccccc6c5c5c6ccccc6ccc54)c4oc5cc6ccccc6cc5c4c3)nc(-c3ccccc3)n2)cc1. The average molecular weight is 714 g/mol. The van der Waals surface area contributed by atoms with Crippen LogP contribution >= 0.6 is 0 Å². The smallest absolute Gasteiger partial charge is 0.160 e. The molecule has 0 amide bonds. The van der Waals surface area contributed by atoms with E-state index in [2.05, 4.69) is 168 Å². The Morgan fingerprint density at radius 2 is 0.911 bits per heavy atom. The summed E-state index contributed by atoms with van der Waals surface area (Å²) >= 11 is 0. The van der Waals surface area contributed by atoms with Crippen molar-refractivity contribution in [2.75, 3.05) is 0 Å². The number of furan rings is 1. The minimum absolute atomic E-state index is 0.682. The van der Waals surface area contributed by atoms with Gasteiger partial charge in [0.15, 0.2) is 11.4 Å². The topological polar surface area (TPSA) is 43.9 Å². The summed E-state index contributed by atoms with van der Waals surface area (Å²) in [6.45, 7) is 0. The van der Waals surface area contributed by atoms with E-state index >= 15 is 0 Å². The molecule has 0 saturated carbocycles. The highest BCUT2D eigenvalue weighted by Crippen LogP contribution is 2.45. The first-order valence-corrected chi connectivity index (χ1v) is 19.0. The van der Waals surface area contributed by atoms with Gasteiger partial charge in [-0.05, 0) is 74.8 Å². The minimum Gasteiger partial charge on any atom is -0.454 e. The van der Waals surface area contributed by atoms with E-state index in [1.54, 1.807) is 0 Å². The molecule has 0 spiro atoms. The summed E-state index contributed by atoms with van der Waals surface area (Å²) in [5, 5.41) is 11.8. The van der Waals surface area contributed by atoms with Crippen molar-refractivity contribution >= 4 is 76.1 Å². The molecule has 0 atom stereocenters. The summed E-state index contributed by atoms with van der Waals surface area (Å²) in [6, 6.07) is 66.6. The summed E-state index contributed by atoms with van der Waals surface area (Å²) in [7, 11) is 0. The van der Waals surface area contributed by atoms with Crippen molar-refractivity contribution in [1.82, 2.24) is 14.5 Å². The van der Waals surface area contributed by atoms with Gasteiger partial charge < -0.3 is 8.98 Å². The van der Waals surface area contributed by atoms with Gasteiger partial charge in [0.05, 0.1) is 28.1 Å². The second kappa shape index (κ2) is 12.0. The van der Waals surface area contributed by atoms with Crippen LogP contribution < -0.4 is 0 Å². The van der Waals surface area contributed by atoms with Crippen molar-refractivity contribution in [3.05, 3.63) is 188 Å². The van der Waals surface area contributed by atoms with E-state index in [0.717, 1.165) is 72.1 Å². The highest BCUT2D eigenvalue weighted by Gasteiger charge is 2.23. The molecule has 0 aliphatic rings.